The van der Waals surface area contributed by atoms with Crippen molar-refractivity contribution in [2.45, 2.75) is 57.6 Å². The van der Waals surface area contributed by atoms with Gasteiger partial charge in [0.1, 0.15) is 12.6 Å². The summed E-state index contributed by atoms with van der Waals surface area (Å²) < 4.78 is 28.6. The second kappa shape index (κ2) is 12.4. The van der Waals surface area contributed by atoms with E-state index in [1.807, 2.05) is 20.8 Å². The number of carbonyl (C=O) groups excluding carboxylic acids is 2. The molecular formula is C29H33Cl2N3O4S. The Balaban J connectivity index is 2.04. The van der Waals surface area contributed by atoms with E-state index >= 15 is 0 Å². The van der Waals surface area contributed by atoms with Gasteiger partial charge in [-0.25, -0.2) is 8.42 Å². The van der Waals surface area contributed by atoms with Crippen LogP contribution in [0.1, 0.15) is 38.8 Å². The fourth-order valence-corrected chi connectivity index (χ4v) is 5.56. The van der Waals surface area contributed by atoms with Crippen molar-refractivity contribution in [2.75, 3.05) is 10.8 Å². The SMILES string of the molecule is Cc1ccc(N(CC(=O)N(Cc2ccc(Cl)cc2)[C@@H](C)C(=O)NC(C)(C)C)S(=O)(=O)c2ccccc2)cc1Cl. The summed E-state index contributed by atoms with van der Waals surface area (Å²) in [6.45, 7) is 8.49. The molecule has 0 heterocycles. The zero-order valence-corrected chi connectivity index (χ0v) is 24.9. The van der Waals surface area contributed by atoms with Gasteiger partial charge in [0, 0.05) is 22.1 Å². The fourth-order valence-electron chi connectivity index (χ4n) is 3.83. The minimum atomic E-state index is -4.16. The Kier molecular flexibility index (Phi) is 9.69. The van der Waals surface area contributed by atoms with Crippen molar-refractivity contribution in [1.82, 2.24) is 10.2 Å². The minimum Gasteiger partial charge on any atom is -0.350 e. The number of anilines is 1. The van der Waals surface area contributed by atoms with Crippen LogP contribution in [0.4, 0.5) is 5.69 Å². The molecule has 10 heteroatoms. The Morgan fingerprint density at radius 3 is 2.13 bits per heavy atom. The predicted molar refractivity (Wildman–Crippen MR) is 157 cm³/mol. The highest BCUT2D eigenvalue weighted by atomic mass is 35.5. The molecule has 1 atom stereocenters. The average molecular weight is 591 g/mol. The largest absolute Gasteiger partial charge is 0.350 e. The number of rotatable bonds is 9. The highest BCUT2D eigenvalue weighted by molar-refractivity contribution is 7.92. The quantitative estimate of drug-likeness (QED) is 0.340. The summed E-state index contributed by atoms with van der Waals surface area (Å²) >= 11 is 12.4. The smallest absolute Gasteiger partial charge is 0.264 e. The Morgan fingerprint density at radius 1 is 0.949 bits per heavy atom. The second-order valence-electron chi connectivity index (χ2n) is 10.3. The Hall–Kier alpha value is -3.07. The number of sulfonamides is 1. The summed E-state index contributed by atoms with van der Waals surface area (Å²) in [5.41, 5.74) is 1.21. The average Bonchev–Trinajstić information content (AvgIpc) is 2.87. The second-order valence-corrected chi connectivity index (χ2v) is 13.0. The van der Waals surface area contributed by atoms with Crippen molar-refractivity contribution in [3.05, 3.63) is 94.0 Å². The van der Waals surface area contributed by atoms with E-state index in [4.69, 9.17) is 23.2 Å². The van der Waals surface area contributed by atoms with Crippen molar-refractivity contribution < 1.29 is 18.0 Å². The topological polar surface area (TPSA) is 86.8 Å². The molecule has 0 saturated heterocycles. The minimum absolute atomic E-state index is 0.0253. The van der Waals surface area contributed by atoms with E-state index in [1.165, 1.54) is 23.1 Å². The molecule has 0 aliphatic carbocycles. The van der Waals surface area contributed by atoms with E-state index in [0.717, 1.165) is 15.4 Å². The Bertz CT molecular complexity index is 1420. The standard InChI is InChI=1S/C29H33Cl2N3O4S/c1-20-11-16-24(17-26(20)31)34(39(37,38)25-9-7-6-8-10-25)19-27(35)33(18-22-12-14-23(30)15-13-22)21(2)28(36)32-29(3,4)5/h6-17,21H,18-19H2,1-5H3,(H,32,36)/t21-/m0/s1. The number of benzene rings is 3. The molecule has 0 fully saturated rings. The van der Waals surface area contributed by atoms with Crippen LogP contribution in [0.3, 0.4) is 0 Å². The molecule has 0 unspecified atom stereocenters. The van der Waals surface area contributed by atoms with E-state index in [-0.39, 0.29) is 23.0 Å². The maximum Gasteiger partial charge on any atom is 0.264 e. The first-order valence-corrected chi connectivity index (χ1v) is 14.6. The number of halogens is 2. The van der Waals surface area contributed by atoms with E-state index in [2.05, 4.69) is 5.32 Å². The van der Waals surface area contributed by atoms with Gasteiger partial charge in [-0.3, -0.25) is 13.9 Å². The zero-order chi connectivity index (χ0) is 29.0. The van der Waals surface area contributed by atoms with Crippen LogP contribution in [0.25, 0.3) is 0 Å². The maximum absolute atomic E-state index is 13.9. The van der Waals surface area contributed by atoms with Gasteiger partial charge in [0.25, 0.3) is 10.0 Å². The lowest BCUT2D eigenvalue weighted by Crippen LogP contribution is -2.54. The lowest BCUT2D eigenvalue weighted by Gasteiger charge is -2.33. The molecule has 0 aliphatic heterocycles. The normalized spacial score (nSPS) is 12.5. The number of hydrogen-bond donors (Lipinski definition) is 1. The zero-order valence-electron chi connectivity index (χ0n) is 22.6. The molecule has 208 valence electrons. The van der Waals surface area contributed by atoms with Gasteiger partial charge in [-0.05, 0) is 82.1 Å². The summed E-state index contributed by atoms with van der Waals surface area (Å²) in [5, 5.41) is 3.80. The lowest BCUT2D eigenvalue weighted by atomic mass is 10.1. The molecule has 3 aromatic rings. The summed E-state index contributed by atoms with van der Waals surface area (Å²) in [4.78, 5) is 28.4. The number of carbonyl (C=O) groups is 2. The van der Waals surface area contributed by atoms with E-state index in [9.17, 15) is 18.0 Å². The monoisotopic (exact) mass is 589 g/mol. The van der Waals surface area contributed by atoms with Gasteiger partial charge in [0.2, 0.25) is 11.8 Å². The molecule has 7 nitrogen and oxygen atoms in total. The van der Waals surface area contributed by atoms with Crippen LogP contribution in [0.5, 0.6) is 0 Å². The van der Waals surface area contributed by atoms with E-state index in [1.54, 1.807) is 68.4 Å². The van der Waals surface area contributed by atoms with Crippen molar-refractivity contribution in [3.8, 4) is 0 Å². The van der Waals surface area contributed by atoms with Crippen LogP contribution in [-0.4, -0.2) is 43.3 Å². The van der Waals surface area contributed by atoms with Gasteiger partial charge in [-0.1, -0.05) is 59.6 Å². The van der Waals surface area contributed by atoms with E-state index in [0.29, 0.717) is 10.0 Å². The van der Waals surface area contributed by atoms with Gasteiger partial charge in [-0.15, -0.1) is 0 Å². The molecule has 3 rings (SSSR count). The van der Waals surface area contributed by atoms with Gasteiger partial charge in [0.15, 0.2) is 0 Å². The van der Waals surface area contributed by atoms with Crippen LogP contribution in [0.15, 0.2) is 77.7 Å². The van der Waals surface area contributed by atoms with Crippen molar-refractivity contribution in [3.63, 3.8) is 0 Å². The van der Waals surface area contributed by atoms with Crippen molar-refractivity contribution >= 4 is 50.7 Å². The number of nitrogens with one attached hydrogen (secondary N) is 1. The van der Waals surface area contributed by atoms with Crippen LogP contribution in [-0.2, 0) is 26.2 Å². The van der Waals surface area contributed by atoms with Gasteiger partial charge < -0.3 is 10.2 Å². The predicted octanol–water partition coefficient (Wildman–Crippen LogP) is 5.83. The molecule has 0 aromatic heterocycles. The number of hydrogen-bond acceptors (Lipinski definition) is 4. The molecule has 0 radical (unpaired) electrons. The molecule has 0 aliphatic rings. The van der Waals surface area contributed by atoms with Gasteiger partial charge >= 0.3 is 0 Å². The van der Waals surface area contributed by atoms with Crippen molar-refractivity contribution in [2.24, 2.45) is 0 Å². The summed E-state index contributed by atoms with van der Waals surface area (Å²) in [5.74, 6) is -0.918. The maximum atomic E-state index is 13.9. The molecule has 3 aromatic carbocycles. The first kappa shape index (κ1) is 30.5. The van der Waals surface area contributed by atoms with Crippen LogP contribution >= 0.6 is 23.2 Å². The van der Waals surface area contributed by atoms with Gasteiger partial charge in [-0.2, -0.15) is 0 Å². The molecule has 0 saturated carbocycles. The third-order valence-corrected chi connectivity index (χ3v) is 8.43. The van der Waals surface area contributed by atoms with Crippen LogP contribution in [0.2, 0.25) is 10.0 Å². The lowest BCUT2D eigenvalue weighted by molar-refractivity contribution is -0.140. The molecule has 1 N–H and O–H groups in total. The van der Waals surface area contributed by atoms with Crippen LogP contribution in [0, 0.1) is 6.92 Å². The summed E-state index contributed by atoms with van der Waals surface area (Å²) in [7, 11) is -4.16. The summed E-state index contributed by atoms with van der Waals surface area (Å²) in [6, 6.07) is 18.7. The number of amides is 2. The molecular weight excluding hydrogens is 557 g/mol. The molecule has 0 spiro atoms. The number of nitrogens with zero attached hydrogens (tertiary/aromatic N) is 2. The fraction of sp³-hybridized carbons (Fsp3) is 0.310. The van der Waals surface area contributed by atoms with Crippen molar-refractivity contribution in [1.29, 1.82) is 0 Å². The third kappa shape index (κ3) is 7.97. The highest BCUT2D eigenvalue weighted by Gasteiger charge is 2.33. The molecule has 39 heavy (non-hydrogen) atoms. The van der Waals surface area contributed by atoms with Gasteiger partial charge in [0.05, 0.1) is 10.6 Å². The Labute approximate surface area is 240 Å². The van der Waals surface area contributed by atoms with Crippen LogP contribution < -0.4 is 9.62 Å². The highest BCUT2D eigenvalue weighted by Crippen LogP contribution is 2.28. The summed E-state index contributed by atoms with van der Waals surface area (Å²) in [6.07, 6.45) is 0. The first-order valence-electron chi connectivity index (χ1n) is 12.4. The van der Waals surface area contributed by atoms with E-state index < -0.39 is 34.1 Å². The molecule has 0 bridgehead atoms. The Morgan fingerprint density at radius 2 is 1.56 bits per heavy atom. The molecule has 2 amide bonds. The first-order chi connectivity index (χ1) is 18.2. The number of aryl methyl sites for hydroxylation is 1. The third-order valence-electron chi connectivity index (χ3n) is 5.99.